The van der Waals surface area contributed by atoms with E-state index in [-0.39, 0.29) is 0 Å². The molecule has 0 aliphatic heterocycles. The van der Waals surface area contributed by atoms with Crippen LogP contribution in [0, 0.1) is 0 Å². The number of hydrogen-bond donors (Lipinski definition) is 0. The maximum absolute atomic E-state index is 2.43. The van der Waals surface area contributed by atoms with Crippen LogP contribution in [0.25, 0.3) is 0 Å². The molecule has 0 rings (SSSR count). The van der Waals surface area contributed by atoms with Gasteiger partial charge in [0.2, 0.25) is 0 Å². The number of halogens is 1. The Labute approximate surface area is 103 Å². The molecule has 0 atom stereocenters. The van der Waals surface area contributed by atoms with Gasteiger partial charge in [-0.15, -0.1) is 0 Å². The predicted molar refractivity (Wildman–Crippen MR) is 75.2 cm³/mol. The number of hydrogen-bond acceptors (Lipinski definition) is 0. The SMILES string of the molecule is CCCC/C=C/CC/C=C/CCCI. The first kappa shape index (κ1) is 14.2. The summed E-state index contributed by atoms with van der Waals surface area (Å²) in [6.07, 6.45) is 18.2. The minimum absolute atomic E-state index is 1.21. The van der Waals surface area contributed by atoms with E-state index in [1.807, 2.05) is 0 Å². The van der Waals surface area contributed by atoms with E-state index in [9.17, 15) is 0 Å². The highest BCUT2D eigenvalue weighted by Gasteiger charge is 1.80. The van der Waals surface area contributed by atoms with E-state index in [4.69, 9.17) is 0 Å². The molecule has 14 heavy (non-hydrogen) atoms. The fourth-order valence-corrected chi connectivity index (χ4v) is 1.62. The minimum Gasteiger partial charge on any atom is -0.0885 e. The summed E-state index contributed by atoms with van der Waals surface area (Å²) in [6.45, 7) is 2.24. The van der Waals surface area contributed by atoms with Gasteiger partial charge in [-0.1, -0.05) is 66.7 Å². The van der Waals surface area contributed by atoms with Crippen molar-refractivity contribution >= 4 is 22.6 Å². The predicted octanol–water partition coefficient (Wildman–Crippen LogP) is 5.28. The Morgan fingerprint density at radius 2 is 1.29 bits per heavy atom. The van der Waals surface area contributed by atoms with Crippen molar-refractivity contribution in [2.24, 2.45) is 0 Å². The summed E-state index contributed by atoms with van der Waals surface area (Å²) in [4.78, 5) is 0. The number of allylic oxidation sites excluding steroid dienone is 4. The van der Waals surface area contributed by atoms with Crippen LogP contribution in [0.1, 0.15) is 51.9 Å². The average Bonchev–Trinajstić information content (AvgIpc) is 2.21. The summed E-state index contributed by atoms with van der Waals surface area (Å²) in [7, 11) is 0. The molecule has 0 bridgehead atoms. The second kappa shape index (κ2) is 13.2. The van der Waals surface area contributed by atoms with Crippen molar-refractivity contribution in [3.05, 3.63) is 24.3 Å². The van der Waals surface area contributed by atoms with Crippen LogP contribution in [-0.4, -0.2) is 4.43 Å². The summed E-state index contributed by atoms with van der Waals surface area (Å²) in [5.74, 6) is 0. The van der Waals surface area contributed by atoms with E-state index in [1.54, 1.807) is 0 Å². The maximum Gasteiger partial charge on any atom is -0.000178 e. The molecule has 0 heterocycles. The maximum atomic E-state index is 2.43. The third-order valence-electron chi connectivity index (χ3n) is 2.06. The van der Waals surface area contributed by atoms with Gasteiger partial charge in [-0.25, -0.2) is 0 Å². The molecular weight excluding hydrogens is 283 g/mol. The van der Waals surface area contributed by atoms with E-state index in [1.165, 1.54) is 49.4 Å². The van der Waals surface area contributed by atoms with E-state index >= 15 is 0 Å². The van der Waals surface area contributed by atoms with Crippen LogP contribution in [0.15, 0.2) is 24.3 Å². The molecule has 0 fully saturated rings. The molecule has 1 heteroatoms. The van der Waals surface area contributed by atoms with Crippen LogP contribution in [0.5, 0.6) is 0 Å². The van der Waals surface area contributed by atoms with Gasteiger partial charge in [0.05, 0.1) is 0 Å². The zero-order valence-electron chi connectivity index (χ0n) is 9.34. The van der Waals surface area contributed by atoms with Crippen molar-refractivity contribution in [2.45, 2.75) is 51.9 Å². The van der Waals surface area contributed by atoms with Crippen LogP contribution in [0.4, 0.5) is 0 Å². The van der Waals surface area contributed by atoms with Gasteiger partial charge in [0.1, 0.15) is 0 Å². The second-order valence-corrected chi connectivity index (χ2v) is 4.57. The van der Waals surface area contributed by atoms with Gasteiger partial charge in [-0.05, 0) is 36.5 Å². The molecule has 0 N–H and O–H groups in total. The molecular formula is C13H23I. The van der Waals surface area contributed by atoms with E-state index < -0.39 is 0 Å². The minimum atomic E-state index is 1.21. The van der Waals surface area contributed by atoms with Crippen molar-refractivity contribution in [2.75, 3.05) is 4.43 Å². The molecule has 0 spiro atoms. The summed E-state index contributed by atoms with van der Waals surface area (Å²) in [5.41, 5.74) is 0. The van der Waals surface area contributed by atoms with Crippen LogP contribution in [0.2, 0.25) is 0 Å². The van der Waals surface area contributed by atoms with E-state index in [2.05, 4.69) is 53.8 Å². The zero-order valence-corrected chi connectivity index (χ0v) is 11.5. The Hall–Kier alpha value is 0.210. The Morgan fingerprint density at radius 1 is 0.786 bits per heavy atom. The molecule has 0 amide bonds. The first-order valence-corrected chi connectivity index (χ1v) is 7.30. The normalized spacial score (nSPS) is 11.9. The fourth-order valence-electron chi connectivity index (χ4n) is 1.18. The van der Waals surface area contributed by atoms with Crippen LogP contribution in [-0.2, 0) is 0 Å². The van der Waals surface area contributed by atoms with Gasteiger partial charge in [0, 0.05) is 0 Å². The molecule has 82 valence electrons. The van der Waals surface area contributed by atoms with Crippen LogP contribution < -0.4 is 0 Å². The lowest BCUT2D eigenvalue weighted by molar-refractivity contribution is 0.811. The summed E-state index contributed by atoms with van der Waals surface area (Å²) in [6, 6.07) is 0. The molecule has 0 aromatic carbocycles. The smallest absolute Gasteiger partial charge is 0.000178 e. The molecule has 0 aromatic heterocycles. The van der Waals surface area contributed by atoms with Gasteiger partial charge in [-0.3, -0.25) is 0 Å². The first-order valence-electron chi connectivity index (χ1n) is 5.77. The molecule has 0 saturated heterocycles. The lowest BCUT2D eigenvalue weighted by Gasteiger charge is -1.90. The van der Waals surface area contributed by atoms with Gasteiger partial charge in [0.25, 0.3) is 0 Å². The largest absolute Gasteiger partial charge is 0.0885 e. The van der Waals surface area contributed by atoms with E-state index in [0.29, 0.717) is 0 Å². The number of alkyl halides is 1. The van der Waals surface area contributed by atoms with Crippen molar-refractivity contribution in [3.63, 3.8) is 0 Å². The van der Waals surface area contributed by atoms with E-state index in [0.717, 1.165) is 0 Å². The van der Waals surface area contributed by atoms with Crippen molar-refractivity contribution < 1.29 is 0 Å². The van der Waals surface area contributed by atoms with Crippen LogP contribution >= 0.6 is 22.6 Å². The van der Waals surface area contributed by atoms with Gasteiger partial charge in [-0.2, -0.15) is 0 Å². The molecule has 0 aliphatic rings. The van der Waals surface area contributed by atoms with Gasteiger partial charge in [0.15, 0.2) is 0 Å². The fraction of sp³-hybridized carbons (Fsp3) is 0.692. The van der Waals surface area contributed by atoms with Gasteiger partial charge >= 0.3 is 0 Å². The third-order valence-corrected chi connectivity index (χ3v) is 2.82. The quantitative estimate of drug-likeness (QED) is 0.235. The van der Waals surface area contributed by atoms with Crippen LogP contribution in [0.3, 0.4) is 0 Å². The molecule has 0 nitrogen and oxygen atoms in total. The summed E-state index contributed by atoms with van der Waals surface area (Å²) in [5, 5.41) is 0. The standard InChI is InChI=1S/C13H23I/c1-2-3-4-5-6-7-8-9-10-11-12-13-14/h5-6,9-10H,2-4,7-8,11-13H2,1H3/b6-5+,10-9+. The monoisotopic (exact) mass is 306 g/mol. The highest BCUT2D eigenvalue weighted by molar-refractivity contribution is 14.1. The Kier molecular flexibility index (Phi) is 13.4. The Balaban J connectivity index is 3.11. The zero-order chi connectivity index (χ0) is 10.5. The molecule has 0 aromatic rings. The molecule has 0 radical (unpaired) electrons. The third kappa shape index (κ3) is 12.2. The van der Waals surface area contributed by atoms with Crippen molar-refractivity contribution in [1.29, 1.82) is 0 Å². The Morgan fingerprint density at radius 3 is 1.79 bits per heavy atom. The first-order chi connectivity index (χ1) is 6.91. The lowest BCUT2D eigenvalue weighted by Crippen LogP contribution is -1.71. The van der Waals surface area contributed by atoms with Crippen molar-refractivity contribution in [3.8, 4) is 0 Å². The lowest BCUT2D eigenvalue weighted by atomic mass is 10.2. The van der Waals surface area contributed by atoms with Gasteiger partial charge < -0.3 is 0 Å². The highest BCUT2D eigenvalue weighted by atomic mass is 127. The Bertz CT molecular complexity index is 129. The highest BCUT2D eigenvalue weighted by Crippen LogP contribution is 2.00. The summed E-state index contributed by atoms with van der Waals surface area (Å²) >= 11 is 2.43. The molecule has 0 unspecified atom stereocenters. The summed E-state index contributed by atoms with van der Waals surface area (Å²) < 4.78 is 1.28. The van der Waals surface area contributed by atoms with Crippen molar-refractivity contribution in [1.82, 2.24) is 0 Å². The molecule has 0 aliphatic carbocycles. The number of unbranched alkanes of at least 4 members (excludes halogenated alkanes) is 4. The molecule has 0 saturated carbocycles. The topological polar surface area (TPSA) is 0 Å². The average molecular weight is 306 g/mol. The number of rotatable bonds is 9. The second-order valence-electron chi connectivity index (χ2n) is 3.49.